The summed E-state index contributed by atoms with van der Waals surface area (Å²) in [6, 6.07) is 20.9. The van der Waals surface area contributed by atoms with Crippen molar-refractivity contribution in [2.45, 2.75) is 25.2 Å². The number of hydrogen-bond donors (Lipinski definition) is 2. The molecule has 190 valence electrons. The van der Waals surface area contributed by atoms with Crippen molar-refractivity contribution < 1.29 is 28.5 Å². The number of nitrogens with one attached hydrogen (secondary N) is 2. The lowest BCUT2D eigenvalue weighted by Crippen LogP contribution is -2.34. The summed E-state index contributed by atoms with van der Waals surface area (Å²) in [5.74, 6) is -0.186. The molecule has 0 aliphatic rings. The van der Waals surface area contributed by atoms with E-state index >= 15 is 0 Å². The van der Waals surface area contributed by atoms with Crippen LogP contribution in [0.4, 0.5) is 0 Å². The Bertz CT molecular complexity index is 1050. The smallest absolute Gasteiger partial charge is 0.327 e. The Labute approximate surface area is 211 Å². The molecule has 0 radical (unpaired) electrons. The van der Waals surface area contributed by atoms with E-state index in [0.717, 1.165) is 11.1 Å². The first-order valence-electron chi connectivity index (χ1n) is 11.5. The second-order valence-corrected chi connectivity index (χ2v) is 7.98. The number of carbonyl (C=O) groups excluding carboxylic acids is 2. The molecular weight excluding hydrogens is 460 g/mol. The van der Waals surface area contributed by atoms with Crippen LogP contribution in [0.1, 0.15) is 34.3 Å². The van der Waals surface area contributed by atoms with Crippen LogP contribution in [0.25, 0.3) is 0 Å². The third-order valence-corrected chi connectivity index (χ3v) is 5.79. The average molecular weight is 493 g/mol. The summed E-state index contributed by atoms with van der Waals surface area (Å²) in [6.45, 7) is 0.795. The molecule has 0 saturated heterocycles. The van der Waals surface area contributed by atoms with E-state index in [1.807, 2.05) is 60.7 Å². The lowest BCUT2D eigenvalue weighted by atomic mass is 9.93. The van der Waals surface area contributed by atoms with Crippen molar-refractivity contribution in [1.29, 1.82) is 0 Å². The minimum absolute atomic E-state index is 0.398. The molecule has 0 bridgehead atoms. The summed E-state index contributed by atoms with van der Waals surface area (Å²) in [5, 5.41) is 6.53. The van der Waals surface area contributed by atoms with Crippen LogP contribution in [0.3, 0.4) is 0 Å². The van der Waals surface area contributed by atoms with Crippen molar-refractivity contribution in [3.63, 3.8) is 0 Å². The number of benzene rings is 3. The fraction of sp³-hybridized carbons (Fsp3) is 0.286. The molecule has 0 amide bonds. The van der Waals surface area contributed by atoms with E-state index in [2.05, 4.69) is 10.6 Å². The van der Waals surface area contributed by atoms with E-state index in [1.54, 1.807) is 12.1 Å². The first kappa shape index (κ1) is 26.7. The molecule has 0 saturated carbocycles. The van der Waals surface area contributed by atoms with Crippen molar-refractivity contribution >= 4 is 11.9 Å². The predicted molar refractivity (Wildman–Crippen MR) is 136 cm³/mol. The van der Waals surface area contributed by atoms with Gasteiger partial charge in [-0.15, -0.1) is 0 Å². The fourth-order valence-electron chi connectivity index (χ4n) is 3.92. The van der Waals surface area contributed by atoms with E-state index in [4.69, 9.17) is 18.9 Å². The molecule has 0 spiro atoms. The van der Waals surface area contributed by atoms with Gasteiger partial charge in [0.15, 0.2) is 11.5 Å². The van der Waals surface area contributed by atoms with Gasteiger partial charge < -0.3 is 18.9 Å². The van der Waals surface area contributed by atoms with E-state index in [1.165, 1.54) is 28.4 Å². The Balaban J connectivity index is 2.07. The average Bonchev–Trinajstić information content (AvgIpc) is 2.93. The summed E-state index contributed by atoms with van der Waals surface area (Å²) in [4.78, 5) is 26.0. The maximum absolute atomic E-state index is 13.0. The molecule has 0 aliphatic heterocycles. The maximum atomic E-state index is 13.0. The van der Waals surface area contributed by atoms with Gasteiger partial charge in [0.2, 0.25) is 0 Å². The van der Waals surface area contributed by atoms with Crippen LogP contribution in [-0.4, -0.2) is 40.4 Å². The van der Waals surface area contributed by atoms with Crippen LogP contribution in [0, 0.1) is 0 Å². The van der Waals surface area contributed by atoms with Crippen molar-refractivity contribution in [2.75, 3.05) is 28.4 Å². The zero-order chi connectivity index (χ0) is 25.9. The molecule has 8 nitrogen and oxygen atoms in total. The monoisotopic (exact) mass is 492 g/mol. The lowest BCUT2D eigenvalue weighted by molar-refractivity contribution is -0.145. The second kappa shape index (κ2) is 13.3. The van der Waals surface area contributed by atoms with Crippen molar-refractivity contribution in [3.05, 3.63) is 95.1 Å². The SMILES string of the molecule is COC(=O)[C@@H](NCc1ccccc1)c1cc(OC)c(OC)cc1[C@@H](NCc1ccccc1)C(=O)OC. The molecule has 0 unspecified atom stereocenters. The minimum atomic E-state index is -0.893. The van der Waals surface area contributed by atoms with Gasteiger partial charge in [-0.25, -0.2) is 9.59 Å². The first-order valence-corrected chi connectivity index (χ1v) is 11.5. The second-order valence-electron chi connectivity index (χ2n) is 7.98. The molecule has 36 heavy (non-hydrogen) atoms. The van der Waals surface area contributed by atoms with Gasteiger partial charge in [0.1, 0.15) is 12.1 Å². The van der Waals surface area contributed by atoms with E-state index in [9.17, 15) is 9.59 Å². The third kappa shape index (κ3) is 6.62. The van der Waals surface area contributed by atoms with Crippen molar-refractivity contribution in [3.8, 4) is 11.5 Å². The molecule has 0 fully saturated rings. The Hall–Kier alpha value is -3.88. The minimum Gasteiger partial charge on any atom is -0.493 e. The highest BCUT2D eigenvalue weighted by Gasteiger charge is 2.32. The van der Waals surface area contributed by atoms with Crippen LogP contribution < -0.4 is 20.1 Å². The number of carbonyl (C=O) groups is 2. The molecule has 0 heterocycles. The Morgan fingerprint density at radius 3 is 1.31 bits per heavy atom. The molecule has 3 aromatic rings. The summed E-state index contributed by atoms with van der Waals surface area (Å²) in [5.41, 5.74) is 2.98. The van der Waals surface area contributed by atoms with Gasteiger partial charge in [0, 0.05) is 13.1 Å². The molecule has 2 N–H and O–H groups in total. The highest BCUT2D eigenvalue weighted by Crippen LogP contribution is 2.37. The standard InChI is InChI=1S/C28H32N2O6/c1-33-23-15-21(25(27(31)35-3)29-17-19-11-7-5-8-12-19)22(16-24(23)34-2)26(28(32)36-4)30-18-20-13-9-6-10-14-20/h5-16,25-26,29-30H,17-18H2,1-4H3/t25-,26+. The van der Waals surface area contributed by atoms with Crippen LogP contribution in [0.15, 0.2) is 72.8 Å². The van der Waals surface area contributed by atoms with Crippen LogP contribution in [0.2, 0.25) is 0 Å². The highest BCUT2D eigenvalue weighted by atomic mass is 16.5. The van der Waals surface area contributed by atoms with Gasteiger partial charge >= 0.3 is 11.9 Å². The van der Waals surface area contributed by atoms with Gasteiger partial charge in [-0.3, -0.25) is 10.6 Å². The maximum Gasteiger partial charge on any atom is 0.327 e. The van der Waals surface area contributed by atoms with Crippen molar-refractivity contribution in [1.82, 2.24) is 10.6 Å². The number of hydrogen-bond acceptors (Lipinski definition) is 8. The Kier molecular flexibility index (Phi) is 9.85. The van der Waals surface area contributed by atoms with E-state index < -0.39 is 24.0 Å². The third-order valence-electron chi connectivity index (χ3n) is 5.79. The first-order chi connectivity index (χ1) is 17.5. The van der Waals surface area contributed by atoms with Crippen molar-refractivity contribution in [2.24, 2.45) is 0 Å². The molecule has 0 aliphatic carbocycles. The van der Waals surface area contributed by atoms with Gasteiger partial charge in [0.05, 0.1) is 28.4 Å². The fourth-order valence-corrected chi connectivity index (χ4v) is 3.92. The number of ether oxygens (including phenoxy) is 4. The topological polar surface area (TPSA) is 95.1 Å². The van der Waals surface area contributed by atoms with Gasteiger partial charge in [-0.1, -0.05) is 60.7 Å². The Morgan fingerprint density at radius 1 is 0.639 bits per heavy atom. The van der Waals surface area contributed by atoms with Gasteiger partial charge in [-0.2, -0.15) is 0 Å². The molecule has 3 aromatic carbocycles. The quantitative estimate of drug-likeness (QED) is 0.370. The van der Waals surface area contributed by atoms with E-state index in [-0.39, 0.29) is 0 Å². The highest BCUT2D eigenvalue weighted by molar-refractivity contribution is 5.82. The zero-order valence-electron chi connectivity index (χ0n) is 20.9. The van der Waals surface area contributed by atoms with Crippen LogP contribution >= 0.6 is 0 Å². The lowest BCUT2D eigenvalue weighted by Gasteiger charge is -2.26. The van der Waals surface area contributed by atoms with E-state index in [0.29, 0.717) is 35.7 Å². The molecular formula is C28H32N2O6. The van der Waals surface area contributed by atoms with Crippen LogP contribution in [-0.2, 0) is 32.2 Å². The molecule has 0 aromatic heterocycles. The normalized spacial score (nSPS) is 12.3. The molecule has 2 atom stereocenters. The summed E-state index contributed by atoms with van der Waals surface area (Å²) >= 11 is 0. The molecule has 3 rings (SSSR count). The summed E-state index contributed by atoms with van der Waals surface area (Å²) in [7, 11) is 5.67. The summed E-state index contributed by atoms with van der Waals surface area (Å²) in [6.07, 6.45) is 0. The largest absolute Gasteiger partial charge is 0.493 e. The number of rotatable bonds is 12. The van der Waals surface area contributed by atoms with Crippen LogP contribution in [0.5, 0.6) is 11.5 Å². The van der Waals surface area contributed by atoms with Gasteiger partial charge in [0.25, 0.3) is 0 Å². The zero-order valence-corrected chi connectivity index (χ0v) is 20.9. The number of methoxy groups -OCH3 is 4. The Morgan fingerprint density at radius 2 is 1.00 bits per heavy atom. The molecule has 8 heteroatoms. The summed E-state index contributed by atoms with van der Waals surface area (Å²) < 4.78 is 21.3. The predicted octanol–water partition coefficient (Wildman–Crippen LogP) is 3.71. The number of esters is 2. The van der Waals surface area contributed by atoms with Gasteiger partial charge in [-0.05, 0) is 34.4 Å².